The molecule has 2 amide bonds. The van der Waals surface area contributed by atoms with Crippen LogP contribution in [-0.4, -0.2) is 18.4 Å². The molecule has 4 nitrogen and oxygen atoms in total. The molecule has 1 fully saturated rings. The average molecular weight is 393 g/mol. The molecule has 1 aliphatic carbocycles. The minimum atomic E-state index is 0.0104. The molecule has 0 bridgehead atoms. The number of anilines is 1. The molecular weight excluding hydrogens is 360 g/mol. The Labute approximate surface area is 174 Å². The summed E-state index contributed by atoms with van der Waals surface area (Å²) in [5, 5.41) is 3.07. The Kier molecular flexibility index (Phi) is 7.08. The molecule has 1 N–H and O–H groups in total. The van der Waals surface area contributed by atoms with Crippen LogP contribution in [-0.2, 0) is 16.1 Å². The summed E-state index contributed by atoms with van der Waals surface area (Å²) in [5.41, 5.74) is 4.45. The largest absolute Gasteiger partial charge is 0.352 e. The van der Waals surface area contributed by atoms with Gasteiger partial charge < -0.3 is 10.2 Å². The predicted octanol–water partition coefficient (Wildman–Crippen LogP) is 4.78. The highest BCUT2D eigenvalue weighted by Gasteiger charge is 2.32. The lowest BCUT2D eigenvalue weighted by Crippen LogP contribution is -2.40. The second-order valence-electron chi connectivity index (χ2n) is 8.18. The molecule has 0 radical (unpaired) electrons. The van der Waals surface area contributed by atoms with Crippen LogP contribution in [0, 0.1) is 25.7 Å². The van der Waals surface area contributed by atoms with Gasteiger partial charge >= 0.3 is 0 Å². The molecule has 2 aromatic rings. The van der Waals surface area contributed by atoms with Gasteiger partial charge in [-0.3, -0.25) is 9.59 Å². The van der Waals surface area contributed by atoms with Crippen molar-refractivity contribution >= 4 is 17.5 Å². The van der Waals surface area contributed by atoms with Crippen LogP contribution in [0.1, 0.15) is 49.3 Å². The van der Waals surface area contributed by atoms with E-state index in [2.05, 4.69) is 30.4 Å². The quantitative estimate of drug-likeness (QED) is 0.769. The van der Waals surface area contributed by atoms with Crippen LogP contribution in [0.5, 0.6) is 0 Å². The minimum Gasteiger partial charge on any atom is -0.352 e. The van der Waals surface area contributed by atoms with Crippen molar-refractivity contribution in [3.63, 3.8) is 0 Å². The molecule has 1 saturated carbocycles. The van der Waals surface area contributed by atoms with Gasteiger partial charge in [-0.1, -0.05) is 42.0 Å². The number of amides is 2. The molecule has 3 rings (SSSR count). The topological polar surface area (TPSA) is 49.4 Å². The van der Waals surface area contributed by atoms with E-state index in [4.69, 9.17) is 0 Å². The van der Waals surface area contributed by atoms with Crippen LogP contribution in [0.4, 0.5) is 5.69 Å². The van der Waals surface area contributed by atoms with E-state index in [1.165, 1.54) is 5.56 Å². The fourth-order valence-corrected chi connectivity index (χ4v) is 4.24. The highest BCUT2D eigenvalue weighted by Crippen LogP contribution is 2.31. The molecule has 4 heteroatoms. The Hall–Kier alpha value is -2.62. The highest BCUT2D eigenvalue weighted by atomic mass is 16.2. The van der Waals surface area contributed by atoms with Gasteiger partial charge in [0.1, 0.15) is 0 Å². The zero-order valence-electron chi connectivity index (χ0n) is 17.8. The van der Waals surface area contributed by atoms with Gasteiger partial charge in [-0.25, -0.2) is 0 Å². The summed E-state index contributed by atoms with van der Waals surface area (Å²) in [4.78, 5) is 27.5. The first kappa shape index (κ1) is 21.1. The lowest BCUT2D eigenvalue weighted by molar-refractivity contribution is -0.129. The third-order valence-corrected chi connectivity index (χ3v) is 5.89. The third kappa shape index (κ3) is 5.47. The van der Waals surface area contributed by atoms with E-state index < -0.39 is 0 Å². The van der Waals surface area contributed by atoms with Gasteiger partial charge in [0.05, 0.1) is 0 Å². The monoisotopic (exact) mass is 392 g/mol. The molecular formula is C25H32N2O2. The summed E-state index contributed by atoms with van der Waals surface area (Å²) in [5.74, 6) is 0.328. The molecule has 0 saturated heterocycles. The van der Waals surface area contributed by atoms with E-state index in [9.17, 15) is 9.59 Å². The van der Waals surface area contributed by atoms with Crippen molar-refractivity contribution in [3.8, 4) is 0 Å². The number of rotatable bonds is 6. The Balaban J connectivity index is 1.52. The first-order chi connectivity index (χ1) is 14.0. The molecule has 0 aromatic heterocycles. The molecule has 0 aliphatic heterocycles. The molecule has 0 atom stereocenters. The highest BCUT2D eigenvalue weighted by molar-refractivity contribution is 5.95. The van der Waals surface area contributed by atoms with Crippen LogP contribution >= 0.6 is 0 Å². The normalized spacial score (nSPS) is 18.9. The second-order valence-corrected chi connectivity index (χ2v) is 8.18. The maximum absolute atomic E-state index is 13.1. The van der Waals surface area contributed by atoms with Gasteiger partial charge in [0, 0.05) is 30.6 Å². The van der Waals surface area contributed by atoms with Crippen LogP contribution in [0.2, 0.25) is 0 Å². The number of carbonyl (C=O) groups excluding carboxylic acids is 2. The van der Waals surface area contributed by atoms with E-state index in [-0.39, 0.29) is 23.7 Å². The maximum Gasteiger partial charge on any atom is 0.230 e. The number of carbonyl (C=O) groups is 2. The van der Waals surface area contributed by atoms with E-state index >= 15 is 0 Å². The fraction of sp³-hybridized carbons (Fsp3) is 0.440. The summed E-state index contributed by atoms with van der Waals surface area (Å²) in [6.07, 6.45) is 3.12. The Morgan fingerprint density at radius 3 is 2.17 bits per heavy atom. The smallest absolute Gasteiger partial charge is 0.230 e. The van der Waals surface area contributed by atoms with Gasteiger partial charge in [-0.15, -0.1) is 0 Å². The summed E-state index contributed by atoms with van der Waals surface area (Å²) in [6.45, 7) is 7.35. The Morgan fingerprint density at radius 2 is 1.55 bits per heavy atom. The maximum atomic E-state index is 13.1. The summed E-state index contributed by atoms with van der Waals surface area (Å²) < 4.78 is 0. The standard InChI is InChI=1S/C25H32N2O2/c1-4-27(23-10-6-8-19(3)16-23)25(29)22-13-11-21(12-14-22)24(28)26-17-20-9-5-7-18(2)15-20/h5-10,15-16,21-22H,4,11-14,17H2,1-3H3,(H,26,28). The van der Waals surface area contributed by atoms with Gasteiger partial charge in [0.15, 0.2) is 0 Å². The van der Waals surface area contributed by atoms with E-state index in [0.717, 1.165) is 42.5 Å². The lowest BCUT2D eigenvalue weighted by atomic mass is 9.80. The molecule has 154 valence electrons. The van der Waals surface area contributed by atoms with Gasteiger partial charge in [0.25, 0.3) is 0 Å². The Morgan fingerprint density at radius 1 is 0.931 bits per heavy atom. The van der Waals surface area contributed by atoms with Crippen molar-refractivity contribution in [2.75, 3.05) is 11.4 Å². The molecule has 1 aliphatic rings. The zero-order valence-corrected chi connectivity index (χ0v) is 17.8. The fourth-order valence-electron chi connectivity index (χ4n) is 4.24. The first-order valence-electron chi connectivity index (χ1n) is 10.7. The molecule has 2 aromatic carbocycles. The van der Waals surface area contributed by atoms with Crippen LogP contribution in [0.25, 0.3) is 0 Å². The van der Waals surface area contributed by atoms with Crippen molar-refractivity contribution in [1.29, 1.82) is 0 Å². The van der Waals surface area contributed by atoms with Crippen molar-refractivity contribution < 1.29 is 9.59 Å². The molecule has 0 unspecified atom stereocenters. The summed E-state index contributed by atoms with van der Waals surface area (Å²) >= 11 is 0. The van der Waals surface area contributed by atoms with Crippen molar-refractivity contribution in [2.24, 2.45) is 11.8 Å². The van der Waals surface area contributed by atoms with E-state index in [0.29, 0.717) is 13.1 Å². The van der Waals surface area contributed by atoms with Crippen LogP contribution in [0.15, 0.2) is 48.5 Å². The number of nitrogens with zero attached hydrogens (tertiary/aromatic N) is 1. The second kappa shape index (κ2) is 9.73. The minimum absolute atomic E-state index is 0.0104. The number of hydrogen-bond acceptors (Lipinski definition) is 2. The van der Waals surface area contributed by atoms with Gasteiger partial charge in [-0.05, 0) is 69.7 Å². The van der Waals surface area contributed by atoms with Gasteiger partial charge in [-0.2, -0.15) is 0 Å². The van der Waals surface area contributed by atoms with Crippen molar-refractivity contribution in [1.82, 2.24) is 5.32 Å². The number of benzene rings is 2. The average Bonchev–Trinajstić information content (AvgIpc) is 2.73. The number of hydrogen-bond donors (Lipinski definition) is 1. The first-order valence-corrected chi connectivity index (χ1v) is 10.7. The van der Waals surface area contributed by atoms with E-state index in [1.807, 2.05) is 49.1 Å². The summed E-state index contributed by atoms with van der Waals surface area (Å²) in [7, 11) is 0. The van der Waals surface area contributed by atoms with Crippen molar-refractivity contribution in [3.05, 3.63) is 65.2 Å². The SMILES string of the molecule is CCN(C(=O)C1CCC(C(=O)NCc2cccc(C)c2)CC1)c1cccc(C)c1. The predicted molar refractivity (Wildman–Crippen MR) is 118 cm³/mol. The summed E-state index contributed by atoms with van der Waals surface area (Å²) in [6, 6.07) is 16.3. The van der Waals surface area contributed by atoms with Crippen LogP contribution < -0.4 is 10.2 Å². The molecule has 0 spiro atoms. The molecule has 0 heterocycles. The van der Waals surface area contributed by atoms with Crippen LogP contribution in [0.3, 0.4) is 0 Å². The van der Waals surface area contributed by atoms with Gasteiger partial charge in [0.2, 0.25) is 11.8 Å². The molecule has 29 heavy (non-hydrogen) atoms. The number of aryl methyl sites for hydroxylation is 2. The lowest BCUT2D eigenvalue weighted by Gasteiger charge is -2.31. The zero-order chi connectivity index (χ0) is 20.8. The van der Waals surface area contributed by atoms with E-state index in [1.54, 1.807) is 0 Å². The Bertz CT molecular complexity index is 853. The third-order valence-electron chi connectivity index (χ3n) is 5.89. The van der Waals surface area contributed by atoms with Crippen molar-refractivity contribution in [2.45, 2.75) is 53.0 Å². The number of nitrogens with one attached hydrogen (secondary N) is 1.